The molecule has 0 amide bonds. The maximum atomic E-state index is 5.08. The minimum absolute atomic E-state index is 0.724. The predicted octanol–water partition coefficient (Wildman–Crippen LogP) is 2.14. The second kappa shape index (κ2) is 6.96. The standard InChI is InChI=1S/C11H19BrN4S/c1-4-13-11(17)14-6-5-7-16-9(3)10(12)8(2)15-16/h4-7H2,1-3H3,(H2,13,14,17). The van der Waals surface area contributed by atoms with E-state index in [0.29, 0.717) is 0 Å². The van der Waals surface area contributed by atoms with E-state index in [1.165, 1.54) is 5.69 Å². The summed E-state index contributed by atoms with van der Waals surface area (Å²) in [4.78, 5) is 0. The number of aryl methyl sites for hydroxylation is 2. The summed E-state index contributed by atoms with van der Waals surface area (Å²) in [5.74, 6) is 0. The number of hydrogen-bond acceptors (Lipinski definition) is 2. The van der Waals surface area contributed by atoms with Gasteiger partial charge >= 0.3 is 0 Å². The third-order valence-electron chi connectivity index (χ3n) is 2.46. The van der Waals surface area contributed by atoms with Crippen molar-refractivity contribution in [2.75, 3.05) is 13.1 Å². The summed E-state index contributed by atoms with van der Waals surface area (Å²) in [5, 5.41) is 11.4. The zero-order valence-electron chi connectivity index (χ0n) is 10.5. The molecule has 6 heteroatoms. The fourth-order valence-corrected chi connectivity index (χ4v) is 2.08. The van der Waals surface area contributed by atoms with Crippen LogP contribution in [0, 0.1) is 13.8 Å². The Morgan fingerprint density at radius 1 is 1.41 bits per heavy atom. The van der Waals surface area contributed by atoms with Crippen molar-refractivity contribution in [1.29, 1.82) is 0 Å². The van der Waals surface area contributed by atoms with Gasteiger partial charge in [0.1, 0.15) is 0 Å². The smallest absolute Gasteiger partial charge is 0.166 e. The molecule has 1 aromatic heterocycles. The van der Waals surface area contributed by atoms with Crippen molar-refractivity contribution < 1.29 is 0 Å². The maximum absolute atomic E-state index is 5.08. The van der Waals surface area contributed by atoms with Gasteiger partial charge in [-0.2, -0.15) is 5.10 Å². The van der Waals surface area contributed by atoms with E-state index < -0.39 is 0 Å². The summed E-state index contributed by atoms with van der Waals surface area (Å²) in [5.41, 5.74) is 2.22. The lowest BCUT2D eigenvalue weighted by atomic mass is 10.4. The van der Waals surface area contributed by atoms with E-state index in [-0.39, 0.29) is 0 Å². The zero-order chi connectivity index (χ0) is 12.8. The van der Waals surface area contributed by atoms with Crippen molar-refractivity contribution in [2.45, 2.75) is 33.7 Å². The van der Waals surface area contributed by atoms with Crippen LogP contribution in [0.4, 0.5) is 0 Å². The molecule has 0 unspecified atom stereocenters. The molecule has 1 rings (SSSR count). The first-order valence-electron chi connectivity index (χ1n) is 5.77. The number of halogens is 1. The van der Waals surface area contributed by atoms with Gasteiger partial charge in [-0.25, -0.2) is 0 Å². The monoisotopic (exact) mass is 318 g/mol. The second-order valence-corrected chi connectivity index (χ2v) is 5.05. The average Bonchev–Trinajstić information content (AvgIpc) is 2.53. The Labute approximate surface area is 116 Å². The average molecular weight is 319 g/mol. The van der Waals surface area contributed by atoms with Crippen molar-refractivity contribution in [3.8, 4) is 0 Å². The van der Waals surface area contributed by atoms with Gasteiger partial charge in [0.25, 0.3) is 0 Å². The first-order chi connectivity index (χ1) is 8.06. The lowest BCUT2D eigenvalue weighted by Crippen LogP contribution is -2.35. The van der Waals surface area contributed by atoms with Gasteiger partial charge < -0.3 is 10.6 Å². The Balaban J connectivity index is 2.31. The summed E-state index contributed by atoms with van der Waals surface area (Å²) in [6, 6.07) is 0. The molecule has 0 aliphatic rings. The minimum Gasteiger partial charge on any atom is -0.363 e. The van der Waals surface area contributed by atoms with Crippen molar-refractivity contribution in [2.24, 2.45) is 0 Å². The molecule has 0 fully saturated rings. The molecular formula is C11H19BrN4S. The third kappa shape index (κ3) is 4.27. The summed E-state index contributed by atoms with van der Waals surface area (Å²) >= 11 is 8.60. The first kappa shape index (κ1) is 14.4. The highest BCUT2D eigenvalue weighted by molar-refractivity contribution is 9.10. The predicted molar refractivity (Wildman–Crippen MR) is 78.3 cm³/mol. The Kier molecular flexibility index (Phi) is 5.91. The van der Waals surface area contributed by atoms with Crippen molar-refractivity contribution in [3.05, 3.63) is 15.9 Å². The van der Waals surface area contributed by atoms with Crippen LogP contribution in [-0.2, 0) is 6.54 Å². The van der Waals surface area contributed by atoms with Crippen molar-refractivity contribution >= 4 is 33.3 Å². The number of thiocarbonyl (C=S) groups is 1. The first-order valence-corrected chi connectivity index (χ1v) is 6.97. The van der Waals surface area contributed by atoms with Crippen LogP contribution in [0.2, 0.25) is 0 Å². The van der Waals surface area contributed by atoms with Gasteiger partial charge in [-0.15, -0.1) is 0 Å². The zero-order valence-corrected chi connectivity index (χ0v) is 12.9. The summed E-state index contributed by atoms with van der Waals surface area (Å²) in [7, 11) is 0. The third-order valence-corrected chi connectivity index (χ3v) is 3.90. The highest BCUT2D eigenvalue weighted by atomic mass is 79.9. The highest BCUT2D eigenvalue weighted by Gasteiger charge is 2.07. The molecule has 0 aliphatic heterocycles. The van der Waals surface area contributed by atoms with Gasteiger partial charge in [-0.1, -0.05) is 0 Å². The van der Waals surface area contributed by atoms with E-state index in [2.05, 4.69) is 38.6 Å². The van der Waals surface area contributed by atoms with E-state index in [4.69, 9.17) is 12.2 Å². The van der Waals surface area contributed by atoms with Gasteiger partial charge in [0.15, 0.2) is 5.11 Å². The number of nitrogens with one attached hydrogen (secondary N) is 2. The van der Waals surface area contributed by atoms with Crippen LogP contribution >= 0.6 is 28.1 Å². The van der Waals surface area contributed by atoms with E-state index in [1.54, 1.807) is 0 Å². The molecule has 0 saturated heterocycles. The SMILES string of the molecule is CCNC(=S)NCCCn1nc(C)c(Br)c1C. The van der Waals surface area contributed by atoms with Crippen LogP contribution in [0.3, 0.4) is 0 Å². The largest absolute Gasteiger partial charge is 0.363 e. The molecule has 1 aromatic rings. The number of aromatic nitrogens is 2. The van der Waals surface area contributed by atoms with Crippen LogP contribution in [0.25, 0.3) is 0 Å². The molecule has 0 bridgehead atoms. The lowest BCUT2D eigenvalue weighted by Gasteiger charge is -2.09. The van der Waals surface area contributed by atoms with E-state index in [1.807, 2.05) is 18.5 Å². The fourth-order valence-electron chi connectivity index (χ4n) is 1.55. The molecule has 4 nitrogen and oxygen atoms in total. The van der Waals surface area contributed by atoms with Crippen LogP contribution in [0.15, 0.2) is 4.47 Å². The molecule has 0 atom stereocenters. The fraction of sp³-hybridized carbons (Fsp3) is 0.636. The maximum Gasteiger partial charge on any atom is 0.166 e. The van der Waals surface area contributed by atoms with Gasteiger partial charge in [0, 0.05) is 25.3 Å². The molecule has 1 heterocycles. The Hall–Kier alpha value is -0.620. The molecule has 96 valence electrons. The summed E-state index contributed by atoms with van der Waals surface area (Å²) < 4.78 is 3.13. The van der Waals surface area contributed by atoms with Gasteiger partial charge in [-0.3, -0.25) is 4.68 Å². The van der Waals surface area contributed by atoms with Crippen LogP contribution < -0.4 is 10.6 Å². The topological polar surface area (TPSA) is 41.9 Å². The van der Waals surface area contributed by atoms with E-state index >= 15 is 0 Å². The van der Waals surface area contributed by atoms with Crippen LogP contribution in [0.5, 0.6) is 0 Å². The summed E-state index contributed by atoms with van der Waals surface area (Å²) in [6.45, 7) is 8.73. The Bertz CT molecular complexity index is 389. The van der Waals surface area contributed by atoms with Crippen LogP contribution in [0.1, 0.15) is 24.7 Å². The van der Waals surface area contributed by atoms with Crippen LogP contribution in [-0.4, -0.2) is 28.0 Å². The Morgan fingerprint density at radius 3 is 2.65 bits per heavy atom. The molecular weight excluding hydrogens is 300 g/mol. The Morgan fingerprint density at radius 2 is 2.12 bits per heavy atom. The van der Waals surface area contributed by atoms with E-state index in [0.717, 1.165) is 41.3 Å². The molecule has 0 aromatic carbocycles. The molecule has 2 N–H and O–H groups in total. The quantitative estimate of drug-likeness (QED) is 0.644. The van der Waals surface area contributed by atoms with Gasteiger partial charge in [0.2, 0.25) is 0 Å². The van der Waals surface area contributed by atoms with E-state index in [9.17, 15) is 0 Å². The molecule has 0 radical (unpaired) electrons. The van der Waals surface area contributed by atoms with Gasteiger partial charge in [-0.05, 0) is 55.3 Å². The normalized spacial score (nSPS) is 10.4. The second-order valence-electron chi connectivity index (χ2n) is 3.85. The molecule has 17 heavy (non-hydrogen) atoms. The minimum atomic E-state index is 0.724. The lowest BCUT2D eigenvalue weighted by molar-refractivity contribution is 0.556. The number of rotatable bonds is 5. The van der Waals surface area contributed by atoms with Gasteiger partial charge in [0.05, 0.1) is 10.2 Å². The number of hydrogen-bond donors (Lipinski definition) is 2. The molecule has 0 aliphatic carbocycles. The van der Waals surface area contributed by atoms with Crippen molar-refractivity contribution in [1.82, 2.24) is 20.4 Å². The number of nitrogens with zero attached hydrogens (tertiary/aromatic N) is 2. The molecule has 0 spiro atoms. The highest BCUT2D eigenvalue weighted by Crippen LogP contribution is 2.19. The molecule has 0 saturated carbocycles. The summed E-state index contributed by atoms with van der Waals surface area (Å²) in [6.07, 6.45) is 1.000. The van der Waals surface area contributed by atoms with Crippen molar-refractivity contribution in [3.63, 3.8) is 0 Å².